The molecule has 10 heavy (non-hydrogen) atoms. The molecule has 2 unspecified atom stereocenters. The molecule has 0 bridgehead atoms. The molecule has 0 aromatic carbocycles. The lowest BCUT2D eigenvalue weighted by molar-refractivity contribution is 0.344. The molecule has 4 nitrogen and oxygen atoms in total. The Bertz CT molecular complexity index is 199. The Balaban J connectivity index is 2.67. The lowest BCUT2D eigenvalue weighted by Crippen LogP contribution is -2.32. The van der Waals surface area contributed by atoms with Gasteiger partial charge in [0, 0.05) is 6.54 Å². The van der Waals surface area contributed by atoms with Gasteiger partial charge in [0.25, 0.3) is 0 Å². The van der Waals surface area contributed by atoms with Crippen LogP contribution in [0.1, 0.15) is 6.92 Å². The van der Waals surface area contributed by atoms with Gasteiger partial charge in [0.1, 0.15) is 6.07 Å². The summed E-state index contributed by atoms with van der Waals surface area (Å²) in [7, 11) is 0. The number of nitrogens with zero attached hydrogens (tertiary/aromatic N) is 3. The Morgan fingerprint density at radius 2 is 2.30 bits per heavy atom. The average Bonchev–Trinajstić information content (AvgIpc) is 2.30. The first-order chi connectivity index (χ1) is 4.79. The van der Waals surface area contributed by atoms with Gasteiger partial charge in [0.2, 0.25) is 0 Å². The molecule has 1 saturated heterocycles. The summed E-state index contributed by atoms with van der Waals surface area (Å²) in [5.74, 6) is 0. The maximum atomic E-state index is 8.52. The maximum absolute atomic E-state index is 8.52. The summed E-state index contributed by atoms with van der Waals surface area (Å²) in [6.45, 7) is 2.62. The highest BCUT2D eigenvalue weighted by Gasteiger charge is 2.28. The SMILES string of the molecule is CC1CNC(C#N)N1C#N. The van der Waals surface area contributed by atoms with Crippen LogP contribution in [-0.2, 0) is 0 Å². The van der Waals surface area contributed by atoms with Crippen molar-refractivity contribution in [2.45, 2.75) is 19.1 Å². The fraction of sp³-hybridized carbons (Fsp3) is 0.667. The zero-order valence-electron chi connectivity index (χ0n) is 5.70. The van der Waals surface area contributed by atoms with Gasteiger partial charge in [-0.25, -0.2) is 0 Å². The molecule has 0 aromatic rings. The molecule has 0 radical (unpaired) electrons. The van der Waals surface area contributed by atoms with Crippen molar-refractivity contribution in [3.8, 4) is 12.3 Å². The molecule has 0 aromatic heterocycles. The topological polar surface area (TPSA) is 62.9 Å². The Labute approximate surface area is 59.7 Å². The predicted molar refractivity (Wildman–Crippen MR) is 34.3 cm³/mol. The first-order valence-electron chi connectivity index (χ1n) is 3.10. The van der Waals surface area contributed by atoms with Crippen LogP contribution in [0, 0.1) is 22.8 Å². The van der Waals surface area contributed by atoms with E-state index in [0.29, 0.717) is 6.54 Å². The van der Waals surface area contributed by atoms with E-state index < -0.39 is 6.17 Å². The van der Waals surface area contributed by atoms with Crippen LogP contribution in [0.5, 0.6) is 0 Å². The number of hydrogen-bond acceptors (Lipinski definition) is 4. The van der Waals surface area contributed by atoms with Crippen molar-refractivity contribution in [3.63, 3.8) is 0 Å². The van der Waals surface area contributed by atoms with Gasteiger partial charge in [-0.1, -0.05) is 0 Å². The van der Waals surface area contributed by atoms with E-state index in [9.17, 15) is 0 Å². The molecule has 1 aliphatic rings. The van der Waals surface area contributed by atoms with Crippen LogP contribution < -0.4 is 5.32 Å². The monoisotopic (exact) mass is 136 g/mol. The van der Waals surface area contributed by atoms with Crippen molar-refractivity contribution in [3.05, 3.63) is 0 Å². The van der Waals surface area contributed by atoms with Gasteiger partial charge in [-0.2, -0.15) is 10.5 Å². The van der Waals surface area contributed by atoms with Gasteiger partial charge in [-0.15, -0.1) is 0 Å². The standard InChI is InChI=1S/C6H8N4/c1-5-3-9-6(2-7)10(5)4-8/h5-6,9H,3H2,1H3. The largest absolute Gasteiger partial charge is 0.283 e. The Morgan fingerprint density at radius 3 is 2.70 bits per heavy atom. The normalized spacial score (nSPS) is 31.3. The van der Waals surface area contributed by atoms with Crippen LogP contribution in [0.4, 0.5) is 0 Å². The average molecular weight is 136 g/mol. The van der Waals surface area contributed by atoms with E-state index in [0.717, 1.165) is 0 Å². The highest BCUT2D eigenvalue weighted by molar-refractivity contribution is 5.02. The zero-order chi connectivity index (χ0) is 7.56. The first-order valence-corrected chi connectivity index (χ1v) is 3.10. The molecule has 1 fully saturated rings. The summed E-state index contributed by atoms with van der Waals surface area (Å²) in [4.78, 5) is 1.46. The summed E-state index contributed by atoms with van der Waals surface area (Å²) in [6, 6.07) is 2.14. The minimum atomic E-state index is -0.417. The minimum Gasteiger partial charge on any atom is -0.283 e. The Hall–Kier alpha value is -1.26. The van der Waals surface area contributed by atoms with Crippen LogP contribution in [0.3, 0.4) is 0 Å². The highest BCUT2D eigenvalue weighted by atomic mass is 15.3. The Kier molecular flexibility index (Phi) is 1.75. The summed E-state index contributed by atoms with van der Waals surface area (Å²) in [5, 5.41) is 19.9. The van der Waals surface area contributed by atoms with Crippen LogP contribution in [0.25, 0.3) is 0 Å². The number of rotatable bonds is 0. The van der Waals surface area contributed by atoms with E-state index in [1.54, 1.807) is 0 Å². The van der Waals surface area contributed by atoms with Crippen LogP contribution in [0.15, 0.2) is 0 Å². The van der Waals surface area contributed by atoms with Gasteiger partial charge in [0.05, 0.1) is 6.04 Å². The van der Waals surface area contributed by atoms with E-state index in [-0.39, 0.29) is 6.04 Å². The number of nitriles is 2. The van der Waals surface area contributed by atoms with E-state index in [2.05, 4.69) is 5.32 Å². The van der Waals surface area contributed by atoms with E-state index in [1.165, 1.54) is 4.90 Å². The summed E-state index contributed by atoms with van der Waals surface area (Å²) < 4.78 is 0. The van der Waals surface area contributed by atoms with Crippen molar-refractivity contribution in [1.29, 1.82) is 10.5 Å². The lowest BCUT2D eigenvalue weighted by atomic mass is 10.3. The molecular formula is C6H8N4. The van der Waals surface area contributed by atoms with E-state index in [1.807, 2.05) is 19.2 Å². The summed E-state index contributed by atoms with van der Waals surface area (Å²) in [5.41, 5.74) is 0. The molecule has 52 valence electrons. The van der Waals surface area contributed by atoms with Crippen LogP contribution >= 0.6 is 0 Å². The smallest absolute Gasteiger partial charge is 0.181 e. The third-order valence-corrected chi connectivity index (χ3v) is 1.60. The molecule has 1 N–H and O–H groups in total. The van der Waals surface area contributed by atoms with Gasteiger partial charge in [-0.05, 0) is 6.92 Å². The number of nitrogens with one attached hydrogen (secondary N) is 1. The fourth-order valence-electron chi connectivity index (χ4n) is 0.998. The van der Waals surface area contributed by atoms with Crippen molar-refractivity contribution in [2.24, 2.45) is 0 Å². The van der Waals surface area contributed by atoms with Crippen molar-refractivity contribution in [1.82, 2.24) is 10.2 Å². The summed E-state index contributed by atoms with van der Waals surface area (Å²) in [6.07, 6.45) is 1.55. The third-order valence-electron chi connectivity index (χ3n) is 1.60. The van der Waals surface area contributed by atoms with Gasteiger partial charge >= 0.3 is 0 Å². The third kappa shape index (κ3) is 0.896. The van der Waals surface area contributed by atoms with Crippen molar-refractivity contribution in [2.75, 3.05) is 6.54 Å². The fourth-order valence-corrected chi connectivity index (χ4v) is 0.998. The molecule has 0 saturated carbocycles. The number of hydrogen-bond donors (Lipinski definition) is 1. The second-order valence-corrected chi connectivity index (χ2v) is 2.30. The Morgan fingerprint density at radius 1 is 1.60 bits per heavy atom. The second-order valence-electron chi connectivity index (χ2n) is 2.30. The van der Waals surface area contributed by atoms with Gasteiger partial charge in [-0.3, -0.25) is 10.2 Å². The van der Waals surface area contributed by atoms with Crippen LogP contribution in [-0.4, -0.2) is 23.7 Å². The molecule has 0 amide bonds. The quantitative estimate of drug-likeness (QED) is 0.461. The maximum Gasteiger partial charge on any atom is 0.181 e. The highest BCUT2D eigenvalue weighted by Crippen LogP contribution is 2.07. The second kappa shape index (κ2) is 2.55. The molecule has 0 aliphatic carbocycles. The van der Waals surface area contributed by atoms with Crippen LogP contribution in [0.2, 0.25) is 0 Å². The van der Waals surface area contributed by atoms with E-state index in [4.69, 9.17) is 10.5 Å². The van der Waals surface area contributed by atoms with E-state index >= 15 is 0 Å². The van der Waals surface area contributed by atoms with Gasteiger partial charge in [0.15, 0.2) is 12.4 Å². The molecule has 1 rings (SSSR count). The summed E-state index contributed by atoms with van der Waals surface area (Å²) >= 11 is 0. The molecule has 1 heterocycles. The molecular weight excluding hydrogens is 128 g/mol. The van der Waals surface area contributed by atoms with Crippen molar-refractivity contribution < 1.29 is 0 Å². The first kappa shape index (κ1) is 6.85. The van der Waals surface area contributed by atoms with Crippen molar-refractivity contribution >= 4 is 0 Å². The van der Waals surface area contributed by atoms with Gasteiger partial charge < -0.3 is 0 Å². The molecule has 1 aliphatic heterocycles. The predicted octanol–water partition coefficient (Wildman–Crippen LogP) is -0.389. The molecule has 4 heteroatoms. The lowest BCUT2D eigenvalue weighted by Gasteiger charge is -2.14. The molecule has 2 atom stereocenters. The molecule has 0 spiro atoms. The minimum absolute atomic E-state index is 0.148. The zero-order valence-corrected chi connectivity index (χ0v) is 5.70.